The average Bonchev–Trinajstić information content (AvgIpc) is 2.67. The summed E-state index contributed by atoms with van der Waals surface area (Å²) in [6, 6.07) is 0. The van der Waals surface area contributed by atoms with Gasteiger partial charge in [-0.05, 0) is 12.8 Å². The topological polar surface area (TPSA) is 38.8 Å². The van der Waals surface area contributed by atoms with Gasteiger partial charge >= 0.3 is 5.97 Å². The number of methoxy groups -OCH3 is 1. The molecule has 0 bridgehead atoms. The highest BCUT2D eigenvalue weighted by Crippen LogP contribution is 2.45. The van der Waals surface area contributed by atoms with Crippen molar-refractivity contribution in [2.45, 2.75) is 24.8 Å². The van der Waals surface area contributed by atoms with Crippen molar-refractivity contribution < 1.29 is 14.4 Å². The molecule has 13 heavy (non-hydrogen) atoms. The summed E-state index contributed by atoms with van der Waals surface area (Å²) >= 11 is 0. The fourth-order valence-electron chi connectivity index (χ4n) is 2.59. The summed E-state index contributed by atoms with van der Waals surface area (Å²) in [7, 11) is 3.26. The molecule has 0 unspecified atom stereocenters. The van der Waals surface area contributed by atoms with Crippen LogP contribution in [-0.2, 0) is 14.4 Å². The molecule has 1 saturated carbocycles. The number of likely N-dealkylation sites (N-methyl/N-ethyl adjacent to an activating group) is 1. The summed E-state index contributed by atoms with van der Waals surface area (Å²) in [6.07, 6.45) is 3.02. The van der Waals surface area contributed by atoms with Gasteiger partial charge in [0.15, 0.2) is 0 Å². The molecular formula is C9H15NO3. The van der Waals surface area contributed by atoms with Crippen LogP contribution in [0.25, 0.3) is 0 Å². The zero-order valence-electron chi connectivity index (χ0n) is 8.08. The van der Waals surface area contributed by atoms with E-state index in [1.54, 1.807) is 5.06 Å². The van der Waals surface area contributed by atoms with Crippen LogP contribution < -0.4 is 0 Å². The second-order valence-electron chi connectivity index (χ2n) is 3.80. The third-order valence-corrected chi connectivity index (χ3v) is 3.36. The largest absolute Gasteiger partial charge is 0.468 e. The first-order valence-corrected chi connectivity index (χ1v) is 4.67. The first-order valence-electron chi connectivity index (χ1n) is 4.67. The Balaban J connectivity index is 2.29. The van der Waals surface area contributed by atoms with Crippen LogP contribution in [0.5, 0.6) is 0 Å². The molecule has 4 nitrogen and oxygen atoms in total. The fraction of sp³-hybridized carbons (Fsp3) is 0.889. The van der Waals surface area contributed by atoms with Crippen molar-refractivity contribution in [3.63, 3.8) is 0 Å². The first-order chi connectivity index (χ1) is 6.21. The maximum atomic E-state index is 11.7. The van der Waals surface area contributed by atoms with Gasteiger partial charge in [-0.1, -0.05) is 6.42 Å². The number of esters is 1. The van der Waals surface area contributed by atoms with Crippen LogP contribution in [-0.4, -0.2) is 37.3 Å². The molecule has 2 atom stereocenters. The first kappa shape index (κ1) is 8.97. The maximum absolute atomic E-state index is 11.7. The van der Waals surface area contributed by atoms with Gasteiger partial charge in [-0.15, -0.1) is 0 Å². The van der Waals surface area contributed by atoms with Gasteiger partial charge in [0.2, 0.25) is 0 Å². The lowest BCUT2D eigenvalue weighted by atomic mass is 9.88. The molecule has 0 aromatic carbocycles. The second kappa shape index (κ2) is 2.96. The standard InChI is InChI=1S/C9H15NO3/c1-10-9(8(11)12-2)5-3-4-7(9)6-13-10/h7H,3-6H2,1-2H3/t7-,9-/m1/s1. The summed E-state index contributed by atoms with van der Waals surface area (Å²) in [6.45, 7) is 0.658. The Morgan fingerprint density at radius 1 is 1.69 bits per heavy atom. The van der Waals surface area contributed by atoms with E-state index in [4.69, 9.17) is 9.57 Å². The van der Waals surface area contributed by atoms with Crippen molar-refractivity contribution in [1.29, 1.82) is 0 Å². The number of fused-ring (bicyclic) bond motifs is 1. The molecule has 0 radical (unpaired) electrons. The molecule has 0 spiro atoms. The van der Waals surface area contributed by atoms with E-state index in [9.17, 15) is 4.79 Å². The maximum Gasteiger partial charge on any atom is 0.329 e. The second-order valence-corrected chi connectivity index (χ2v) is 3.80. The SMILES string of the molecule is COC(=O)[C@@]12CCC[C@@H]1CON2C. The van der Waals surface area contributed by atoms with Gasteiger partial charge in [-0.3, -0.25) is 4.84 Å². The van der Waals surface area contributed by atoms with Gasteiger partial charge in [-0.25, -0.2) is 4.79 Å². The van der Waals surface area contributed by atoms with Crippen molar-refractivity contribution in [3.8, 4) is 0 Å². The van der Waals surface area contributed by atoms with Gasteiger partial charge in [0.25, 0.3) is 0 Å². The predicted octanol–water partition coefficient (Wildman–Crippen LogP) is 0.575. The summed E-state index contributed by atoms with van der Waals surface area (Å²) in [5.74, 6) is 0.181. The predicted molar refractivity (Wildman–Crippen MR) is 45.8 cm³/mol. The highest BCUT2D eigenvalue weighted by molar-refractivity contribution is 5.81. The summed E-state index contributed by atoms with van der Waals surface area (Å²) in [5, 5.41) is 1.69. The van der Waals surface area contributed by atoms with Crippen LogP contribution >= 0.6 is 0 Å². The van der Waals surface area contributed by atoms with E-state index in [0.29, 0.717) is 12.5 Å². The van der Waals surface area contributed by atoms with Crippen LogP contribution in [0.3, 0.4) is 0 Å². The van der Waals surface area contributed by atoms with Crippen LogP contribution in [0.15, 0.2) is 0 Å². The summed E-state index contributed by atoms with van der Waals surface area (Å²) in [4.78, 5) is 17.1. The highest BCUT2D eigenvalue weighted by Gasteiger charge is 2.57. The molecule has 1 aliphatic carbocycles. The van der Waals surface area contributed by atoms with Crippen LogP contribution in [0.4, 0.5) is 0 Å². The molecule has 0 N–H and O–H groups in total. The van der Waals surface area contributed by atoms with E-state index in [-0.39, 0.29) is 5.97 Å². The third kappa shape index (κ3) is 1.02. The van der Waals surface area contributed by atoms with Gasteiger partial charge in [-0.2, -0.15) is 5.06 Å². The number of hydrogen-bond acceptors (Lipinski definition) is 4. The minimum Gasteiger partial charge on any atom is -0.468 e. The monoisotopic (exact) mass is 185 g/mol. The Kier molecular flexibility index (Phi) is 2.04. The number of carbonyl (C=O) groups excluding carboxylic acids is 1. The minimum atomic E-state index is -0.477. The van der Waals surface area contributed by atoms with Crippen LogP contribution in [0, 0.1) is 5.92 Å². The Morgan fingerprint density at radius 3 is 3.15 bits per heavy atom. The summed E-state index contributed by atoms with van der Waals surface area (Å²) in [5.41, 5.74) is -0.477. The number of rotatable bonds is 1. The Labute approximate surface area is 77.7 Å². The highest BCUT2D eigenvalue weighted by atomic mass is 16.7. The average molecular weight is 185 g/mol. The molecule has 0 aromatic rings. The van der Waals surface area contributed by atoms with Crippen molar-refractivity contribution in [2.24, 2.45) is 5.92 Å². The normalized spacial score (nSPS) is 39.1. The van der Waals surface area contributed by atoms with Crippen LogP contribution in [0.1, 0.15) is 19.3 Å². The molecule has 0 aromatic heterocycles. The van der Waals surface area contributed by atoms with E-state index in [0.717, 1.165) is 19.3 Å². The Bertz CT molecular complexity index is 231. The lowest BCUT2D eigenvalue weighted by Gasteiger charge is -2.30. The zero-order chi connectivity index (χ0) is 9.47. The lowest BCUT2D eigenvalue weighted by Crippen LogP contribution is -2.50. The van der Waals surface area contributed by atoms with E-state index in [2.05, 4.69) is 0 Å². The minimum absolute atomic E-state index is 0.144. The molecule has 2 rings (SSSR count). The quantitative estimate of drug-likeness (QED) is 0.560. The number of nitrogens with zero attached hydrogens (tertiary/aromatic N) is 1. The van der Waals surface area contributed by atoms with Crippen LogP contribution in [0.2, 0.25) is 0 Å². The van der Waals surface area contributed by atoms with Crippen molar-refractivity contribution in [3.05, 3.63) is 0 Å². The molecular weight excluding hydrogens is 170 g/mol. The summed E-state index contributed by atoms with van der Waals surface area (Å²) < 4.78 is 4.85. The molecule has 1 aliphatic heterocycles. The molecule has 2 fully saturated rings. The van der Waals surface area contributed by atoms with Crippen molar-refractivity contribution in [1.82, 2.24) is 5.06 Å². The molecule has 1 saturated heterocycles. The Hall–Kier alpha value is -0.610. The van der Waals surface area contributed by atoms with Gasteiger partial charge in [0, 0.05) is 13.0 Å². The molecule has 0 amide bonds. The number of hydrogen-bond donors (Lipinski definition) is 0. The number of ether oxygens (including phenoxy) is 1. The van der Waals surface area contributed by atoms with E-state index < -0.39 is 5.54 Å². The molecule has 74 valence electrons. The van der Waals surface area contributed by atoms with Crippen molar-refractivity contribution >= 4 is 5.97 Å². The van der Waals surface area contributed by atoms with E-state index in [1.807, 2.05) is 7.05 Å². The number of carbonyl (C=O) groups is 1. The molecule has 2 aliphatic rings. The Morgan fingerprint density at radius 2 is 2.46 bits per heavy atom. The molecule has 4 heteroatoms. The van der Waals surface area contributed by atoms with E-state index in [1.165, 1.54) is 7.11 Å². The third-order valence-electron chi connectivity index (χ3n) is 3.36. The van der Waals surface area contributed by atoms with Gasteiger partial charge in [0.05, 0.1) is 13.7 Å². The van der Waals surface area contributed by atoms with E-state index >= 15 is 0 Å². The van der Waals surface area contributed by atoms with Gasteiger partial charge in [0.1, 0.15) is 5.54 Å². The lowest BCUT2D eigenvalue weighted by molar-refractivity contribution is -0.181. The smallest absolute Gasteiger partial charge is 0.329 e. The number of hydroxylamine groups is 2. The van der Waals surface area contributed by atoms with Gasteiger partial charge < -0.3 is 4.74 Å². The molecule has 1 heterocycles. The zero-order valence-corrected chi connectivity index (χ0v) is 8.08. The fourth-order valence-corrected chi connectivity index (χ4v) is 2.59. The van der Waals surface area contributed by atoms with Crippen molar-refractivity contribution in [2.75, 3.05) is 20.8 Å².